The first kappa shape index (κ1) is 11.2. The zero-order valence-electron chi connectivity index (χ0n) is 10.5. The number of benzene rings is 2. The molecule has 0 saturated carbocycles. The summed E-state index contributed by atoms with van der Waals surface area (Å²) in [7, 11) is 0. The Hall–Kier alpha value is -1.61. The van der Waals surface area contributed by atoms with E-state index in [4.69, 9.17) is 0 Å². The Morgan fingerprint density at radius 2 is 1.89 bits per heavy atom. The molecule has 0 fully saturated rings. The van der Waals surface area contributed by atoms with Gasteiger partial charge in [-0.15, -0.1) is 4.68 Å². The summed E-state index contributed by atoms with van der Waals surface area (Å²) in [5, 5.41) is 1.33. The van der Waals surface area contributed by atoms with Crippen LogP contribution in [0.15, 0.2) is 53.0 Å². The Kier molecular flexibility index (Phi) is 2.49. The molecule has 0 amide bonds. The van der Waals surface area contributed by atoms with Crippen LogP contribution >= 0.6 is 15.9 Å². The SMILES string of the molecule is Brc1ccc2c(c1)c(-c1ccccc1)[n+]1n2CCC1. The average molecular weight is 314 g/mol. The average Bonchev–Trinajstić information content (AvgIpc) is 2.99. The molecule has 2 aromatic carbocycles. The maximum absolute atomic E-state index is 3.59. The molecule has 0 unspecified atom stereocenters. The van der Waals surface area contributed by atoms with Gasteiger partial charge in [-0.25, -0.2) is 0 Å². The van der Waals surface area contributed by atoms with E-state index in [-0.39, 0.29) is 0 Å². The third kappa shape index (κ3) is 1.65. The van der Waals surface area contributed by atoms with E-state index in [0.717, 1.165) is 17.6 Å². The summed E-state index contributed by atoms with van der Waals surface area (Å²) in [6.45, 7) is 2.22. The Morgan fingerprint density at radius 1 is 1.05 bits per heavy atom. The topological polar surface area (TPSA) is 8.81 Å². The van der Waals surface area contributed by atoms with Crippen LogP contribution in [0, 0.1) is 0 Å². The Bertz CT molecular complexity index is 759. The second-order valence-electron chi connectivity index (χ2n) is 4.98. The van der Waals surface area contributed by atoms with E-state index in [1.54, 1.807) is 0 Å². The van der Waals surface area contributed by atoms with Crippen molar-refractivity contribution in [1.29, 1.82) is 0 Å². The van der Waals surface area contributed by atoms with E-state index in [1.165, 1.54) is 28.6 Å². The summed E-state index contributed by atoms with van der Waals surface area (Å²) in [5.41, 5.74) is 3.97. The number of aryl methyl sites for hydroxylation is 1. The fourth-order valence-corrected chi connectivity index (χ4v) is 3.42. The minimum absolute atomic E-state index is 1.11. The zero-order valence-corrected chi connectivity index (χ0v) is 12.1. The lowest BCUT2D eigenvalue weighted by Gasteiger charge is -1.96. The lowest BCUT2D eigenvalue weighted by Crippen LogP contribution is -2.38. The van der Waals surface area contributed by atoms with Gasteiger partial charge in [0.2, 0.25) is 5.69 Å². The molecule has 1 aliphatic rings. The standard InChI is InChI=1S/C16H14BrN2/c17-13-7-8-15-14(11-13)16(12-5-2-1-3-6-12)19-10-4-9-18(15)19/h1-3,5-8,11H,4,9-10H2/q+1. The lowest BCUT2D eigenvalue weighted by molar-refractivity contribution is -0.745. The van der Waals surface area contributed by atoms with Crippen LogP contribution in [-0.4, -0.2) is 4.68 Å². The van der Waals surface area contributed by atoms with E-state index >= 15 is 0 Å². The van der Waals surface area contributed by atoms with E-state index in [0.29, 0.717) is 0 Å². The molecule has 0 N–H and O–H groups in total. The fraction of sp³-hybridized carbons (Fsp3) is 0.188. The largest absolute Gasteiger partial charge is 0.246 e. The zero-order chi connectivity index (χ0) is 12.8. The lowest BCUT2D eigenvalue weighted by atomic mass is 10.1. The van der Waals surface area contributed by atoms with Gasteiger partial charge in [0.05, 0.1) is 11.9 Å². The van der Waals surface area contributed by atoms with Gasteiger partial charge >= 0.3 is 0 Å². The summed E-state index contributed by atoms with van der Waals surface area (Å²) in [6, 6.07) is 17.3. The number of halogens is 1. The number of rotatable bonds is 1. The third-order valence-electron chi connectivity index (χ3n) is 3.83. The Morgan fingerprint density at radius 3 is 2.74 bits per heavy atom. The summed E-state index contributed by atoms with van der Waals surface area (Å²) in [4.78, 5) is 0. The van der Waals surface area contributed by atoms with Crippen molar-refractivity contribution in [1.82, 2.24) is 4.68 Å². The molecule has 1 aromatic heterocycles. The quantitative estimate of drug-likeness (QED) is 0.605. The van der Waals surface area contributed by atoms with Crippen LogP contribution in [0.1, 0.15) is 6.42 Å². The van der Waals surface area contributed by atoms with Crippen LogP contribution < -0.4 is 4.68 Å². The molecule has 0 atom stereocenters. The molecule has 94 valence electrons. The van der Waals surface area contributed by atoms with Crippen LogP contribution in [0.5, 0.6) is 0 Å². The number of hydrogen-bond donors (Lipinski definition) is 0. The summed E-state index contributed by atoms with van der Waals surface area (Å²) in [6.07, 6.45) is 1.23. The van der Waals surface area contributed by atoms with Gasteiger partial charge in [-0.3, -0.25) is 0 Å². The smallest absolute Gasteiger partial charge is 0.152 e. The molecule has 0 bridgehead atoms. The van der Waals surface area contributed by atoms with E-state index in [1.807, 2.05) is 0 Å². The molecule has 3 heteroatoms. The van der Waals surface area contributed by atoms with Gasteiger partial charge in [-0.2, -0.15) is 4.68 Å². The highest BCUT2D eigenvalue weighted by atomic mass is 79.9. The van der Waals surface area contributed by atoms with Gasteiger partial charge in [0, 0.05) is 16.5 Å². The number of nitrogens with zero attached hydrogens (tertiary/aromatic N) is 2. The summed E-state index contributed by atoms with van der Waals surface area (Å²) < 4.78 is 5.97. The van der Waals surface area contributed by atoms with Gasteiger partial charge in [0.15, 0.2) is 6.54 Å². The Labute approximate surface area is 120 Å². The van der Waals surface area contributed by atoms with Crippen LogP contribution in [0.25, 0.3) is 22.2 Å². The van der Waals surface area contributed by atoms with Gasteiger partial charge in [0.1, 0.15) is 5.52 Å². The van der Waals surface area contributed by atoms with Gasteiger partial charge in [-0.1, -0.05) is 34.1 Å². The number of aromatic nitrogens is 2. The maximum Gasteiger partial charge on any atom is 0.246 e. The van der Waals surface area contributed by atoms with Gasteiger partial charge < -0.3 is 0 Å². The second-order valence-corrected chi connectivity index (χ2v) is 5.89. The van der Waals surface area contributed by atoms with Crippen LogP contribution in [0.3, 0.4) is 0 Å². The van der Waals surface area contributed by atoms with Gasteiger partial charge in [-0.05, 0) is 30.3 Å². The number of hydrogen-bond acceptors (Lipinski definition) is 0. The molecule has 0 aliphatic carbocycles. The normalized spacial score (nSPS) is 13.9. The third-order valence-corrected chi connectivity index (χ3v) is 4.32. The monoisotopic (exact) mass is 313 g/mol. The molecule has 4 rings (SSSR count). The molecular formula is C16H14BrN2+. The molecule has 3 aromatic rings. The van der Waals surface area contributed by atoms with Crippen molar-refractivity contribution in [2.45, 2.75) is 19.5 Å². The molecular weight excluding hydrogens is 300 g/mol. The molecule has 0 spiro atoms. The highest BCUT2D eigenvalue weighted by molar-refractivity contribution is 9.10. The first-order valence-electron chi connectivity index (χ1n) is 6.62. The summed E-state index contributed by atoms with van der Waals surface area (Å²) in [5.74, 6) is 0. The highest BCUT2D eigenvalue weighted by Crippen LogP contribution is 2.30. The van der Waals surface area contributed by atoms with Crippen molar-refractivity contribution in [3.05, 3.63) is 53.0 Å². The molecule has 0 saturated heterocycles. The van der Waals surface area contributed by atoms with Crippen molar-refractivity contribution in [2.75, 3.05) is 0 Å². The predicted octanol–water partition coefficient (Wildman–Crippen LogP) is 3.76. The molecule has 2 heterocycles. The van der Waals surface area contributed by atoms with Crippen molar-refractivity contribution in [3.8, 4) is 11.3 Å². The van der Waals surface area contributed by atoms with Crippen molar-refractivity contribution in [2.24, 2.45) is 0 Å². The van der Waals surface area contributed by atoms with Gasteiger partial charge in [0.25, 0.3) is 0 Å². The van der Waals surface area contributed by atoms with Crippen molar-refractivity contribution in [3.63, 3.8) is 0 Å². The minimum atomic E-state index is 1.11. The van der Waals surface area contributed by atoms with Crippen LogP contribution in [0.4, 0.5) is 0 Å². The summed E-state index contributed by atoms with van der Waals surface area (Å²) >= 11 is 3.59. The van der Waals surface area contributed by atoms with Crippen molar-refractivity contribution < 1.29 is 4.68 Å². The first-order chi connectivity index (χ1) is 9.34. The van der Waals surface area contributed by atoms with E-state index in [2.05, 4.69) is 73.8 Å². The van der Waals surface area contributed by atoms with Crippen molar-refractivity contribution >= 4 is 26.8 Å². The number of fused-ring (bicyclic) bond motifs is 3. The fourth-order valence-electron chi connectivity index (χ4n) is 3.06. The highest BCUT2D eigenvalue weighted by Gasteiger charge is 2.29. The molecule has 1 aliphatic heterocycles. The van der Waals surface area contributed by atoms with E-state index < -0.39 is 0 Å². The first-order valence-corrected chi connectivity index (χ1v) is 7.41. The van der Waals surface area contributed by atoms with Crippen LogP contribution in [0.2, 0.25) is 0 Å². The predicted molar refractivity (Wildman–Crippen MR) is 79.9 cm³/mol. The Balaban J connectivity index is 2.12. The molecule has 2 nitrogen and oxygen atoms in total. The maximum atomic E-state index is 3.59. The molecule has 0 radical (unpaired) electrons. The molecule has 19 heavy (non-hydrogen) atoms. The second kappa shape index (κ2) is 4.20. The minimum Gasteiger partial charge on any atom is -0.152 e. The van der Waals surface area contributed by atoms with Crippen LogP contribution in [-0.2, 0) is 13.1 Å². The van der Waals surface area contributed by atoms with E-state index in [9.17, 15) is 0 Å².